The number of halogens is 2. The van der Waals surface area contributed by atoms with Crippen LogP contribution in [0.2, 0.25) is 10.0 Å². The molecular formula is C34H45Cl2N5O2S. The zero-order chi connectivity index (χ0) is 31.3. The number of rotatable bonds is 16. The van der Waals surface area contributed by atoms with Crippen molar-refractivity contribution < 1.29 is 9.59 Å². The zero-order valence-electron chi connectivity index (χ0n) is 26.0. The summed E-state index contributed by atoms with van der Waals surface area (Å²) in [6.45, 7) is 6.15. The Hall–Kier alpha value is -2.55. The number of carbonyl (C=O) groups is 2. The number of hydrogen-bond acceptors (Lipinski definition) is 5. The number of amides is 2. The van der Waals surface area contributed by atoms with Crippen molar-refractivity contribution in [1.29, 1.82) is 0 Å². The molecule has 10 heteroatoms. The second-order valence-electron chi connectivity index (χ2n) is 11.6. The molecule has 1 aliphatic heterocycles. The first-order valence-corrected chi connectivity index (χ1v) is 17.7. The minimum atomic E-state index is 0.0636. The molecule has 1 unspecified atom stereocenters. The Bertz CT molecular complexity index is 1350. The number of carbonyl (C=O) groups excluding carboxylic acids is 2. The minimum Gasteiger partial charge on any atom is -0.339 e. The summed E-state index contributed by atoms with van der Waals surface area (Å²) in [6.07, 6.45) is 10.5. The third-order valence-electron chi connectivity index (χ3n) is 8.13. The molecule has 1 aromatic heterocycles. The second-order valence-corrected chi connectivity index (χ2v) is 13.5. The standard InChI is InChI=1S/C34H45Cl2N5O2S/c1-3-4-5-6-7-11-17-33(43)40-21-20-39(25-26(40)2)32(42)16-12-13-22-44-34-38-37-31(23-27-14-9-8-10-15-27)41(34)28-18-19-29(35)30(36)24-28/h8-10,14-15,18-19,24,26H,3-7,11-13,16-17,20-23,25H2,1-2H3. The summed E-state index contributed by atoms with van der Waals surface area (Å²) in [5.41, 5.74) is 2.01. The van der Waals surface area contributed by atoms with E-state index in [-0.39, 0.29) is 17.9 Å². The summed E-state index contributed by atoms with van der Waals surface area (Å²) in [5.74, 6) is 2.05. The van der Waals surface area contributed by atoms with Crippen LogP contribution in [-0.2, 0) is 16.0 Å². The smallest absolute Gasteiger partial charge is 0.222 e. The van der Waals surface area contributed by atoms with E-state index in [1.165, 1.54) is 25.7 Å². The lowest BCUT2D eigenvalue weighted by Crippen LogP contribution is -2.55. The highest BCUT2D eigenvalue weighted by molar-refractivity contribution is 7.99. The minimum absolute atomic E-state index is 0.0636. The number of hydrogen-bond donors (Lipinski definition) is 0. The van der Waals surface area contributed by atoms with E-state index in [0.29, 0.717) is 48.9 Å². The Morgan fingerprint density at radius 2 is 1.59 bits per heavy atom. The van der Waals surface area contributed by atoms with Crippen molar-refractivity contribution in [1.82, 2.24) is 24.6 Å². The van der Waals surface area contributed by atoms with Gasteiger partial charge in [-0.15, -0.1) is 10.2 Å². The molecule has 0 radical (unpaired) electrons. The Labute approximate surface area is 276 Å². The number of aromatic nitrogens is 3. The van der Waals surface area contributed by atoms with Gasteiger partial charge in [-0.3, -0.25) is 14.2 Å². The third kappa shape index (κ3) is 9.98. The van der Waals surface area contributed by atoms with Gasteiger partial charge in [-0.25, -0.2) is 0 Å². The summed E-state index contributed by atoms with van der Waals surface area (Å²) in [6, 6.07) is 15.8. The first kappa shape index (κ1) is 34.3. The number of benzene rings is 2. The van der Waals surface area contributed by atoms with Gasteiger partial charge in [0, 0.05) is 50.7 Å². The van der Waals surface area contributed by atoms with Gasteiger partial charge < -0.3 is 9.80 Å². The first-order valence-electron chi connectivity index (χ1n) is 16.0. The SMILES string of the molecule is CCCCCCCCC(=O)N1CCN(C(=O)CCCCSc2nnc(Cc3ccccc3)n2-c2ccc(Cl)c(Cl)c2)CC1C. The van der Waals surface area contributed by atoms with Gasteiger partial charge in [0.25, 0.3) is 0 Å². The van der Waals surface area contributed by atoms with Crippen LogP contribution in [0.5, 0.6) is 0 Å². The molecule has 7 nitrogen and oxygen atoms in total. The molecule has 0 N–H and O–H groups in total. The van der Waals surface area contributed by atoms with Crippen LogP contribution in [0.3, 0.4) is 0 Å². The molecule has 238 valence electrons. The summed E-state index contributed by atoms with van der Waals surface area (Å²) >= 11 is 14.2. The number of nitrogens with zero attached hydrogens (tertiary/aromatic N) is 5. The van der Waals surface area contributed by atoms with E-state index in [2.05, 4.69) is 36.2 Å². The first-order chi connectivity index (χ1) is 21.4. The summed E-state index contributed by atoms with van der Waals surface area (Å²) in [7, 11) is 0. The van der Waals surface area contributed by atoms with Gasteiger partial charge in [0.1, 0.15) is 5.82 Å². The predicted molar refractivity (Wildman–Crippen MR) is 181 cm³/mol. The highest BCUT2D eigenvalue weighted by atomic mass is 35.5. The Morgan fingerprint density at radius 3 is 2.34 bits per heavy atom. The summed E-state index contributed by atoms with van der Waals surface area (Å²) in [4.78, 5) is 29.7. The van der Waals surface area contributed by atoms with Gasteiger partial charge in [0.15, 0.2) is 5.16 Å². The molecule has 0 saturated carbocycles. The lowest BCUT2D eigenvalue weighted by molar-refractivity contribution is -0.142. The van der Waals surface area contributed by atoms with Gasteiger partial charge in [-0.2, -0.15) is 0 Å². The Kier molecular flexibility index (Phi) is 13.9. The van der Waals surface area contributed by atoms with Crippen molar-refractivity contribution in [2.45, 2.75) is 95.7 Å². The molecule has 0 spiro atoms. The fraction of sp³-hybridized carbons (Fsp3) is 0.529. The average molecular weight is 659 g/mol. The zero-order valence-corrected chi connectivity index (χ0v) is 28.3. The predicted octanol–water partition coefficient (Wildman–Crippen LogP) is 8.24. The van der Waals surface area contributed by atoms with Crippen LogP contribution in [-0.4, -0.2) is 67.8 Å². The average Bonchev–Trinajstić information content (AvgIpc) is 3.42. The molecule has 1 saturated heterocycles. The van der Waals surface area contributed by atoms with E-state index in [1.54, 1.807) is 17.8 Å². The molecule has 0 aliphatic carbocycles. The number of thioether (sulfide) groups is 1. The largest absolute Gasteiger partial charge is 0.339 e. The van der Waals surface area contributed by atoms with Crippen LogP contribution >= 0.6 is 35.0 Å². The van der Waals surface area contributed by atoms with E-state index >= 15 is 0 Å². The molecule has 0 bridgehead atoms. The molecule has 44 heavy (non-hydrogen) atoms. The molecule has 2 amide bonds. The van der Waals surface area contributed by atoms with E-state index in [1.807, 2.05) is 44.7 Å². The van der Waals surface area contributed by atoms with Crippen LogP contribution in [0.1, 0.15) is 89.4 Å². The van der Waals surface area contributed by atoms with Gasteiger partial charge in [-0.05, 0) is 49.9 Å². The fourth-order valence-electron chi connectivity index (χ4n) is 5.62. The van der Waals surface area contributed by atoms with Crippen molar-refractivity contribution in [3.05, 3.63) is 70.0 Å². The van der Waals surface area contributed by atoms with Gasteiger partial charge >= 0.3 is 0 Å². The van der Waals surface area contributed by atoms with Gasteiger partial charge in [0.2, 0.25) is 11.8 Å². The maximum Gasteiger partial charge on any atom is 0.222 e. The molecule has 3 aromatic rings. The number of unbranched alkanes of at least 4 members (excludes halogenated alkanes) is 6. The van der Waals surface area contributed by atoms with Gasteiger partial charge in [-0.1, -0.05) is 104 Å². The Balaban J connectivity index is 1.23. The Morgan fingerprint density at radius 1 is 0.864 bits per heavy atom. The van der Waals surface area contributed by atoms with E-state index < -0.39 is 0 Å². The van der Waals surface area contributed by atoms with Crippen LogP contribution in [0, 0.1) is 0 Å². The van der Waals surface area contributed by atoms with Crippen LogP contribution in [0.15, 0.2) is 53.7 Å². The summed E-state index contributed by atoms with van der Waals surface area (Å²) < 4.78 is 2.04. The van der Waals surface area contributed by atoms with Crippen molar-refractivity contribution in [2.75, 3.05) is 25.4 Å². The van der Waals surface area contributed by atoms with E-state index in [9.17, 15) is 9.59 Å². The monoisotopic (exact) mass is 657 g/mol. The quantitative estimate of drug-likeness (QED) is 0.115. The molecule has 4 rings (SSSR count). The summed E-state index contributed by atoms with van der Waals surface area (Å²) in [5, 5.41) is 10.8. The van der Waals surface area contributed by atoms with Crippen molar-refractivity contribution >= 4 is 46.8 Å². The van der Waals surface area contributed by atoms with Gasteiger partial charge in [0.05, 0.1) is 15.7 Å². The molecule has 2 heterocycles. The maximum atomic E-state index is 13.0. The molecule has 2 aromatic carbocycles. The second kappa shape index (κ2) is 17.8. The van der Waals surface area contributed by atoms with Crippen LogP contribution in [0.25, 0.3) is 5.69 Å². The molecule has 1 atom stereocenters. The highest BCUT2D eigenvalue weighted by Crippen LogP contribution is 2.29. The van der Waals surface area contributed by atoms with Crippen LogP contribution in [0.4, 0.5) is 0 Å². The van der Waals surface area contributed by atoms with Crippen LogP contribution < -0.4 is 0 Å². The molecular weight excluding hydrogens is 613 g/mol. The highest BCUT2D eigenvalue weighted by Gasteiger charge is 2.29. The normalized spacial score (nSPS) is 15.1. The van der Waals surface area contributed by atoms with Crippen molar-refractivity contribution in [3.8, 4) is 5.69 Å². The topological polar surface area (TPSA) is 71.3 Å². The third-order valence-corrected chi connectivity index (χ3v) is 9.88. The lowest BCUT2D eigenvalue weighted by Gasteiger charge is -2.40. The van der Waals surface area contributed by atoms with Crippen molar-refractivity contribution in [3.63, 3.8) is 0 Å². The fourth-order valence-corrected chi connectivity index (χ4v) is 6.89. The van der Waals surface area contributed by atoms with E-state index in [0.717, 1.165) is 53.7 Å². The molecule has 1 fully saturated rings. The number of piperazine rings is 1. The maximum absolute atomic E-state index is 13.0. The van der Waals surface area contributed by atoms with E-state index in [4.69, 9.17) is 23.2 Å². The lowest BCUT2D eigenvalue weighted by atomic mass is 10.1. The van der Waals surface area contributed by atoms with Crippen molar-refractivity contribution in [2.24, 2.45) is 0 Å². The molecule has 1 aliphatic rings.